The number of aromatic nitrogens is 4. The molecule has 0 spiro atoms. The van der Waals surface area contributed by atoms with Crippen molar-refractivity contribution in [2.45, 2.75) is 26.2 Å². The first kappa shape index (κ1) is 13.6. The molecule has 2 aromatic heterocycles. The smallest absolute Gasteiger partial charge is 0.274 e. The number of hydrogen-bond donors (Lipinski definition) is 0. The average molecular weight is 283 g/mol. The first-order valence-electron chi connectivity index (χ1n) is 7.16. The average Bonchev–Trinajstić information content (AvgIpc) is 2.77. The second-order valence-electron chi connectivity index (χ2n) is 4.98. The largest absolute Gasteiger partial charge is 0.337 e. The van der Waals surface area contributed by atoms with Crippen LogP contribution in [0.2, 0.25) is 0 Å². The van der Waals surface area contributed by atoms with Gasteiger partial charge in [0.25, 0.3) is 5.91 Å². The normalized spacial score (nSPS) is 14.4. The molecule has 1 aliphatic heterocycles. The van der Waals surface area contributed by atoms with Gasteiger partial charge in [0.1, 0.15) is 12.0 Å². The van der Waals surface area contributed by atoms with Crippen LogP contribution in [0.15, 0.2) is 24.9 Å². The predicted octanol–water partition coefficient (Wildman–Crippen LogP) is 1.07. The van der Waals surface area contributed by atoms with Crippen molar-refractivity contribution in [2.24, 2.45) is 0 Å². The van der Waals surface area contributed by atoms with E-state index in [9.17, 15) is 4.79 Å². The van der Waals surface area contributed by atoms with E-state index < -0.39 is 0 Å². The second kappa shape index (κ2) is 5.95. The van der Waals surface area contributed by atoms with Gasteiger partial charge in [-0.05, 0) is 18.4 Å². The lowest BCUT2D eigenvalue weighted by atomic mass is 10.1. The lowest BCUT2D eigenvalue weighted by Crippen LogP contribution is -2.33. The highest BCUT2D eigenvalue weighted by molar-refractivity contribution is 5.92. The third kappa shape index (κ3) is 2.74. The predicted molar refractivity (Wildman–Crippen MR) is 76.8 cm³/mol. The van der Waals surface area contributed by atoms with E-state index in [2.05, 4.69) is 26.9 Å². The molecule has 21 heavy (non-hydrogen) atoms. The fourth-order valence-electron chi connectivity index (χ4n) is 2.67. The number of carbonyl (C=O) groups is 1. The van der Waals surface area contributed by atoms with Crippen molar-refractivity contribution in [2.75, 3.05) is 13.1 Å². The summed E-state index contributed by atoms with van der Waals surface area (Å²) >= 11 is 0. The Hall–Kier alpha value is -2.37. The Morgan fingerprint density at radius 2 is 2.05 bits per heavy atom. The molecule has 0 aliphatic carbocycles. The van der Waals surface area contributed by atoms with Crippen molar-refractivity contribution in [3.05, 3.63) is 47.6 Å². The molecule has 0 N–H and O–H groups in total. The molecule has 3 rings (SSSR count). The van der Waals surface area contributed by atoms with Crippen LogP contribution in [0.3, 0.4) is 0 Å². The molecule has 3 heterocycles. The molecule has 1 amide bonds. The van der Waals surface area contributed by atoms with Crippen molar-refractivity contribution in [1.82, 2.24) is 24.8 Å². The molecule has 0 saturated carbocycles. The Labute approximate surface area is 123 Å². The SMILES string of the molecule is CCc1ncnc2c1CCN(C(=O)c1cnccn1)CC2. The summed E-state index contributed by atoms with van der Waals surface area (Å²) in [6.45, 7) is 3.42. The van der Waals surface area contributed by atoms with Gasteiger partial charge in [-0.3, -0.25) is 9.78 Å². The summed E-state index contributed by atoms with van der Waals surface area (Å²) in [6, 6.07) is 0. The third-order valence-electron chi connectivity index (χ3n) is 3.78. The van der Waals surface area contributed by atoms with Gasteiger partial charge in [0.15, 0.2) is 0 Å². The van der Waals surface area contributed by atoms with Crippen LogP contribution in [-0.4, -0.2) is 43.8 Å². The summed E-state index contributed by atoms with van der Waals surface area (Å²) < 4.78 is 0. The van der Waals surface area contributed by atoms with Crippen molar-refractivity contribution in [3.63, 3.8) is 0 Å². The second-order valence-corrected chi connectivity index (χ2v) is 4.98. The first-order chi connectivity index (χ1) is 10.3. The lowest BCUT2D eigenvalue weighted by Gasteiger charge is -2.19. The zero-order valence-electron chi connectivity index (χ0n) is 12.0. The highest BCUT2D eigenvalue weighted by atomic mass is 16.2. The Morgan fingerprint density at radius 3 is 2.81 bits per heavy atom. The molecule has 1 aliphatic rings. The highest BCUT2D eigenvalue weighted by Gasteiger charge is 2.22. The van der Waals surface area contributed by atoms with Gasteiger partial charge in [-0.15, -0.1) is 0 Å². The fourth-order valence-corrected chi connectivity index (χ4v) is 2.67. The number of nitrogens with zero attached hydrogens (tertiary/aromatic N) is 5. The van der Waals surface area contributed by atoms with E-state index in [0.717, 1.165) is 30.7 Å². The molecular weight excluding hydrogens is 266 g/mol. The molecule has 0 radical (unpaired) electrons. The highest BCUT2D eigenvalue weighted by Crippen LogP contribution is 2.17. The Morgan fingerprint density at radius 1 is 1.19 bits per heavy atom. The van der Waals surface area contributed by atoms with Gasteiger partial charge in [0.2, 0.25) is 0 Å². The minimum absolute atomic E-state index is 0.0677. The summed E-state index contributed by atoms with van der Waals surface area (Å²) in [7, 11) is 0. The maximum atomic E-state index is 12.4. The number of rotatable bonds is 2. The van der Waals surface area contributed by atoms with Crippen LogP contribution in [0.4, 0.5) is 0 Å². The molecule has 0 saturated heterocycles. The van der Waals surface area contributed by atoms with Crippen molar-refractivity contribution in [1.29, 1.82) is 0 Å². The molecule has 0 atom stereocenters. The number of carbonyl (C=O) groups excluding carboxylic acids is 1. The van der Waals surface area contributed by atoms with E-state index in [4.69, 9.17) is 0 Å². The summed E-state index contributed by atoms with van der Waals surface area (Å²) in [5, 5.41) is 0. The summed E-state index contributed by atoms with van der Waals surface area (Å²) in [5.41, 5.74) is 3.75. The quantitative estimate of drug-likeness (QED) is 0.824. The van der Waals surface area contributed by atoms with Gasteiger partial charge in [0, 0.05) is 43.3 Å². The summed E-state index contributed by atoms with van der Waals surface area (Å²) in [6.07, 6.45) is 8.69. The van der Waals surface area contributed by atoms with Crippen molar-refractivity contribution < 1.29 is 4.79 Å². The standard InChI is InChI=1S/C15H17N5O/c1-2-12-11-3-7-20(8-4-13(11)19-10-18-12)15(21)14-9-16-5-6-17-14/h5-6,9-10H,2-4,7-8H2,1H3. The maximum Gasteiger partial charge on any atom is 0.274 e. The van der Waals surface area contributed by atoms with Gasteiger partial charge in [-0.1, -0.05) is 6.92 Å². The van der Waals surface area contributed by atoms with Gasteiger partial charge in [-0.2, -0.15) is 0 Å². The van der Waals surface area contributed by atoms with E-state index in [0.29, 0.717) is 18.8 Å². The van der Waals surface area contributed by atoms with Gasteiger partial charge in [0.05, 0.1) is 6.20 Å². The van der Waals surface area contributed by atoms with Crippen molar-refractivity contribution >= 4 is 5.91 Å². The van der Waals surface area contributed by atoms with E-state index in [1.165, 1.54) is 11.8 Å². The zero-order valence-corrected chi connectivity index (χ0v) is 12.0. The van der Waals surface area contributed by atoms with Crippen LogP contribution < -0.4 is 0 Å². The zero-order chi connectivity index (χ0) is 14.7. The lowest BCUT2D eigenvalue weighted by molar-refractivity contribution is 0.0756. The van der Waals surface area contributed by atoms with Gasteiger partial charge < -0.3 is 4.90 Å². The van der Waals surface area contributed by atoms with Gasteiger partial charge in [-0.25, -0.2) is 15.0 Å². The van der Waals surface area contributed by atoms with Crippen molar-refractivity contribution in [3.8, 4) is 0 Å². The summed E-state index contributed by atoms with van der Waals surface area (Å²) in [4.78, 5) is 31.0. The molecule has 0 fully saturated rings. The van der Waals surface area contributed by atoms with Crippen LogP contribution in [-0.2, 0) is 19.3 Å². The minimum Gasteiger partial charge on any atom is -0.337 e. The molecule has 6 heteroatoms. The van der Waals surface area contributed by atoms with Crippen LogP contribution in [0, 0.1) is 0 Å². The first-order valence-corrected chi connectivity index (χ1v) is 7.16. The van der Waals surface area contributed by atoms with E-state index >= 15 is 0 Å². The van der Waals surface area contributed by atoms with E-state index in [1.54, 1.807) is 18.7 Å². The molecule has 108 valence electrons. The van der Waals surface area contributed by atoms with Crippen LogP contribution in [0.5, 0.6) is 0 Å². The van der Waals surface area contributed by atoms with Crippen LogP contribution in [0.1, 0.15) is 34.4 Å². The molecule has 0 unspecified atom stereocenters. The molecular formula is C15H17N5O. The summed E-state index contributed by atoms with van der Waals surface area (Å²) in [5.74, 6) is -0.0677. The topological polar surface area (TPSA) is 71.9 Å². The maximum absolute atomic E-state index is 12.4. The number of fused-ring (bicyclic) bond motifs is 1. The minimum atomic E-state index is -0.0677. The Bertz CT molecular complexity index is 644. The number of amides is 1. The van der Waals surface area contributed by atoms with Crippen LogP contribution >= 0.6 is 0 Å². The van der Waals surface area contributed by atoms with Crippen LogP contribution in [0.25, 0.3) is 0 Å². The van der Waals surface area contributed by atoms with E-state index in [1.807, 2.05) is 4.90 Å². The third-order valence-corrected chi connectivity index (χ3v) is 3.78. The fraction of sp³-hybridized carbons (Fsp3) is 0.400. The molecule has 6 nitrogen and oxygen atoms in total. The van der Waals surface area contributed by atoms with Gasteiger partial charge >= 0.3 is 0 Å². The molecule has 0 bridgehead atoms. The Balaban J connectivity index is 1.80. The monoisotopic (exact) mass is 283 g/mol. The molecule has 2 aromatic rings. The molecule has 0 aromatic carbocycles. The number of hydrogen-bond acceptors (Lipinski definition) is 5. The number of aryl methyl sites for hydroxylation is 1. The van der Waals surface area contributed by atoms with E-state index in [-0.39, 0.29) is 5.91 Å². The Kier molecular flexibility index (Phi) is 3.85.